The number of hydrogen-bond donors (Lipinski definition) is 2. The van der Waals surface area contributed by atoms with E-state index < -0.39 is 0 Å². The van der Waals surface area contributed by atoms with Crippen LogP contribution in [0.2, 0.25) is 0 Å². The third-order valence-electron chi connectivity index (χ3n) is 2.45. The molecule has 0 unspecified atom stereocenters. The molecule has 1 aliphatic rings. The summed E-state index contributed by atoms with van der Waals surface area (Å²) in [5.74, 6) is 0. The minimum absolute atomic E-state index is 0.0748. The minimum atomic E-state index is 0.0748. The van der Waals surface area contributed by atoms with Gasteiger partial charge in [0.2, 0.25) is 0 Å². The fraction of sp³-hybridized carbons (Fsp3) is 0.500. The standard InChI is InChI=1S/C10H14N2O/c13-7-8-3-4-10(12-6-8)9-2-1-5-11-9/h3-4,6,9,11,13H,1-2,5,7H2/t9-/m1/s1. The molecule has 0 aromatic carbocycles. The van der Waals surface area contributed by atoms with Crippen molar-refractivity contribution in [3.8, 4) is 0 Å². The summed E-state index contributed by atoms with van der Waals surface area (Å²) in [5, 5.41) is 12.2. The van der Waals surface area contributed by atoms with Gasteiger partial charge in [-0.1, -0.05) is 6.07 Å². The highest BCUT2D eigenvalue weighted by Crippen LogP contribution is 2.20. The topological polar surface area (TPSA) is 45.1 Å². The average molecular weight is 178 g/mol. The van der Waals surface area contributed by atoms with Crippen molar-refractivity contribution in [2.24, 2.45) is 0 Å². The lowest BCUT2D eigenvalue weighted by Gasteiger charge is -2.09. The maximum atomic E-state index is 8.84. The van der Waals surface area contributed by atoms with E-state index in [4.69, 9.17) is 5.11 Å². The van der Waals surface area contributed by atoms with Gasteiger partial charge in [-0.15, -0.1) is 0 Å². The second-order valence-corrected chi connectivity index (χ2v) is 3.40. The minimum Gasteiger partial charge on any atom is -0.392 e. The second-order valence-electron chi connectivity index (χ2n) is 3.40. The molecule has 1 atom stereocenters. The summed E-state index contributed by atoms with van der Waals surface area (Å²) in [7, 11) is 0. The van der Waals surface area contributed by atoms with E-state index in [9.17, 15) is 0 Å². The monoisotopic (exact) mass is 178 g/mol. The predicted octanol–water partition coefficient (Wildman–Crippen LogP) is 0.998. The van der Waals surface area contributed by atoms with Crippen molar-refractivity contribution in [1.29, 1.82) is 0 Å². The first-order valence-corrected chi connectivity index (χ1v) is 4.69. The van der Waals surface area contributed by atoms with Crippen LogP contribution in [0.5, 0.6) is 0 Å². The summed E-state index contributed by atoms with van der Waals surface area (Å²) in [6.07, 6.45) is 4.15. The Morgan fingerprint density at radius 3 is 3.00 bits per heavy atom. The van der Waals surface area contributed by atoms with E-state index >= 15 is 0 Å². The van der Waals surface area contributed by atoms with Crippen LogP contribution in [0, 0.1) is 0 Å². The van der Waals surface area contributed by atoms with Gasteiger partial charge in [-0.3, -0.25) is 4.98 Å². The van der Waals surface area contributed by atoms with Crippen LogP contribution in [-0.2, 0) is 6.61 Å². The van der Waals surface area contributed by atoms with Gasteiger partial charge in [0.05, 0.1) is 12.3 Å². The Balaban J connectivity index is 2.12. The summed E-state index contributed by atoms with van der Waals surface area (Å²) >= 11 is 0. The summed E-state index contributed by atoms with van der Waals surface area (Å²) in [6, 6.07) is 4.35. The summed E-state index contributed by atoms with van der Waals surface area (Å²) in [4.78, 5) is 4.31. The zero-order valence-electron chi connectivity index (χ0n) is 7.53. The molecule has 1 aliphatic heterocycles. The maximum Gasteiger partial charge on any atom is 0.0696 e. The van der Waals surface area contributed by atoms with E-state index in [2.05, 4.69) is 10.3 Å². The SMILES string of the molecule is OCc1ccc([C@H]2CCCN2)nc1. The van der Waals surface area contributed by atoms with Gasteiger partial charge in [0.1, 0.15) is 0 Å². The number of aliphatic hydroxyl groups is 1. The van der Waals surface area contributed by atoms with Crippen molar-refractivity contribution in [1.82, 2.24) is 10.3 Å². The molecule has 2 rings (SSSR count). The molecule has 1 aromatic rings. The number of nitrogens with one attached hydrogen (secondary N) is 1. The molecule has 1 saturated heterocycles. The normalized spacial score (nSPS) is 22.1. The van der Waals surface area contributed by atoms with Crippen molar-refractivity contribution < 1.29 is 5.11 Å². The first kappa shape index (κ1) is 8.66. The van der Waals surface area contributed by atoms with Crippen LogP contribution >= 0.6 is 0 Å². The summed E-state index contributed by atoms with van der Waals surface area (Å²) < 4.78 is 0. The van der Waals surface area contributed by atoms with Gasteiger partial charge < -0.3 is 10.4 Å². The Labute approximate surface area is 77.8 Å². The lowest BCUT2D eigenvalue weighted by atomic mass is 10.1. The molecule has 13 heavy (non-hydrogen) atoms. The van der Waals surface area contributed by atoms with Crippen molar-refractivity contribution in [2.45, 2.75) is 25.5 Å². The third-order valence-corrected chi connectivity index (χ3v) is 2.45. The molecule has 0 amide bonds. The fourth-order valence-electron chi connectivity index (χ4n) is 1.67. The number of aromatic nitrogens is 1. The molecule has 1 aromatic heterocycles. The van der Waals surface area contributed by atoms with Crippen molar-refractivity contribution >= 4 is 0 Å². The number of pyridine rings is 1. The largest absolute Gasteiger partial charge is 0.392 e. The highest BCUT2D eigenvalue weighted by molar-refractivity contribution is 5.16. The van der Waals surface area contributed by atoms with Crippen LogP contribution in [0.1, 0.15) is 30.1 Å². The van der Waals surface area contributed by atoms with Crippen molar-refractivity contribution in [3.63, 3.8) is 0 Å². The Morgan fingerprint density at radius 2 is 2.46 bits per heavy atom. The van der Waals surface area contributed by atoms with Crippen LogP contribution in [0.25, 0.3) is 0 Å². The smallest absolute Gasteiger partial charge is 0.0696 e. The Kier molecular flexibility index (Phi) is 2.57. The fourth-order valence-corrected chi connectivity index (χ4v) is 1.67. The molecular formula is C10H14N2O. The molecule has 1 fully saturated rings. The van der Waals surface area contributed by atoms with Crippen LogP contribution in [-0.4, -0.2) is 16.6 Å². The summed E-state index contributed by atoms with van der Waals surface area (Å²) in [6.45, 7) is 1.17. The maximum absolute atomic E-state index is 8.84. The van der Waals surface area contributed by atoms with E-state index in [1.54, 1.807) is 6.20 Å². The van der Waals surface area contributed by atoms with Gasteiger partial charge in [0, 0.05) is 12.2 Å². The molecule has 0 aliphatic carbocycles. The van der Waals surface area contributed by atoms with E-state index in [1.807, 2.05) is 12.1 Å². The molecule has 0 bridgehead atoms. The van der Waals surface area contributed by atoms with E-state index in [-0.39, 0.29) is 6.61 Å². The van der Waals surface area contributed by atoms with Crippen LogP contribution in [0.15, 0.2) is 18.3 Å². The average Bonchev–Trinajstić information content (AvgIpc) is 2.71. The van der Waals surface area contributed by atoms with Gasteiger partial charge >= 0.3 is 0 Å². The van der Waals surface area contributed by atoms with Gasteiger partial charge in [-0.25, -0.2) is 0 Å². The van der Waals surface area contributed by atoms with Gasteiger partial charge in [-0.05, 0) is 31.0 Å². The third kappa shape index (κ3) is 1.87. The molecule has 3 nitrogen and oxygen atoms in total. The zero-order valence-corrected chi connectivity index (χ0v) is 7.53. The number of aliphatic hydroxyl groups excluding tert-OH is 1. The zero-order chi connectivity index (χ0) is 9.10. The van der Waals surface area contributed by atoms with Gasteiger partial charge in [0.25, 0.3) is 0 Å². The van der Waals surface area contributed by atoms with E-state index in [1.165, 1.54) is 12.8 Å². The number of nitrogens with zero attached hydrogens (tertiary/aromatic N) is 1. The van der Waals surface area contributed by atoms with Crippen LogP contribution < -0.4 is 5.32 Å². The molecule has 3 heteroatoms. The van der Waals surface area contributed by atoms with Crippen LogP contribution in [0.3, 0.4) is 0 Å². The predicted molar refractivity (Wildman–Crippen MR) is 50.1 cm³/mol. The second kappa shape index (κ2) is 3.85. The molecule has 0 radical (unpaired) electrons. The van der Waals surface area contributed by atoms with Gasteiger partial charge in [-0.2, -0.15) is 0 Å². The van der Waals surface area contributed by atoms with E-state index in [0.717, 1.165) is 17.8 Å². The lowest BCUT2D eigenvalue weighted by molar-refractivity contribution is 0.281. The molecule has 70 valence electrons. The summed E-state index contributed by atoms with van der Waals surface area (Å²) in [5.41, 5.74) is 1.97. The first-order chi connectivity index (χ1) is 6.40. The Bertz CT molecular complexity index is 265. The molecule has 2 heterocycles. The number of rotatable bonds is 2. The quantitative estimate of drug-likeness (QED) is 0.710. The molecule has 0 saturated carbocycles. The molecule has 2 N–H and O–H groups in total. The highest BCUT2D eigenvalue weighted by Gasteiger charge is 2.16. The number of hydrogen-bond acceptors (Lipinski definition) is 3. The van der Waals surface area contributed by atoms with E-state index in [0.29, 0.717) is 6.04 Å². The Hall–Kier alpha value is -0.930. The van der Waals surface area contributed by atoms with Crippen molar-refractivity contribution in [2.75, 3.05) is 6.54 Å². The van der Waals surface area contributed by atoms with Crippen LogP contribution in [0.4, 0.5) is 0 Å². The molecular weight excluding hydrogens is 164 g/mol. The lowest BCUT2D eigenvalue weighted by Crippen LogP contribution is -2.14. The first-order valence-electron chi connectivity index (χ1n) is 4.69. The van der Waals surface area contributed by atoms with Crippen molar-refractivity contribution in [3.05, 3.63) is 29.6 Å². The molecule has 0 spiro atoms. The highest BCUT2D eigenvalue weighted by atomic mass is 16.3. The Morgan fingerprint density at radius 1 is 1.54 bits per heavy atom. The van der Waals surface area contributed by atoms with Gasteiger partial charge in [0.15, 0.2) is 0 Å².